The molecule has 0 radical (unpaired) electrons. The van der Waals surface area contributed by atoms with Crippen molar-refractivity contribution >= 4 is 16.5 Å². The van der Waals surface area contributed by atoms with Crippen molar-refractivity contribution in [3.8, 4) is 0 Å². The Morgan fingerprint density at radius 2 is 2.25 bits per heavy atom. The second kappa shape index (κ2) is 7.99. The molecular weight excluding hydrogens is 266 g/mol. The summed E-state index contributed by atoms with van der Waals surface area (Å²) in [6.45, 7) is 9.94. The average Bonchev–Trinajstić information content (AvgIpc) is 2.75. The molecule has 1 saturated heterocycles. The van der Waals surface area contributed by atoms with Crippen LogP contribution in [0.2, 0.25) is 0 Å². The van der Waals surface area contributed by atoms with Gasteiger partial charge in [-0.2, -0.15) is 0 Å². The number of anilines is 1. The first-order valence-corrected chi connectivity index (χ1v) is 9.00. The van der Waals surface area contributed by atoms with E-state index in [1.807, 2.05) is 11.3 Å². The van der Waals surface area contributed by atoms with Gasteiger partial charge in [-0.05, 0) is 31.7 Å². The average molecular weight is 295 g/mol. The van der Waals surface area contributed by atoms with Crippen LogP contribution in [-0.4, -0.2) is 24.1 Å². The van der Waals surface area contributed by atoms with E-state index in [4.69, 9.17) is 4.98 Å². The van der Waals surface area contributed by atoms with E-state index in [1.165, 1.54) is 49.5 Å². The number of aromatic nitrogens is 1. The first-order chi connectivity index (χ1) is 9.70. The highest BCUT2D eigenvalue weighted by Crippen LogP contribution is 2.28. The first-order valence-electron chi connectivity index (χ1n) is 8.12. The van der Waals surface area contributed by atoms with Crippen LogP contribution in [0.5, 0.6) is 0 Å². The molecule has 1 aromatic rings. The molecule has 2 rings (SSSR count). The van der Waals surface area contributed by atoms with E-state index in [0.717, 1.165) is 13.1 Å². The molecule has 1 aliphatic heterocycles. The van der Waals surface area contributed by atoms with Crippen molar-refractivity contribution in [1.82, 2.24) is 10.3 Å². The molecule has 1 N–H and O–H groups in total. The Kier molecular flexibility index (Phi) is 6.30. The van der Waals surface area contributed by atoms with E-state index in [2.05, 4.69) is 36.4 Å². The quantitative estimate of drug-likeness (QED) is 0.858. The predicted octanol–water partition coefficient (Wildman–Crippen LogP) is 4.05. The Hall–Kier alpha value is -0.610. The third-order valence-electron chi connectivity index (χ3n) is 3.99. The summed E-state index contributed by atoms with van der Waals surface area (Å²) in [5.41, 5.74) is 1.20. The lowest BCUT2D eigenvalue weighted by molar-refractivity contribution is 0.545. The van der Waals surface area contributed by atoms with Gasteiger partial charge in [0.25, 0.3) is 0 Å². The van der Waals surface area contributed by atoms with Gasteiger partial charge in [0.2, 0.25) is 0 Å². The van der Waals surface area contributed by atoms with E-state index in [9.17, 15) is 0 Å². The summed E-state index contributed by atoms with van der Waals surface area (Å²) in [4.78, 5) is 7.41. The molecule has 3 nitrogen and oxygen atoms in total. The van der Waals surface area contributed by atoms with Crippen molar-refractivity contribution in [3.63, 3.8) is 0 Å². The summed E-state index contributed by atoms with van der Waals surface area (Å²) in [7, 11) is 0. The smallest absolute Gasteiger partial charge is 0.185 e. The Morgan fingerprint density at radius 1 is 1.40 bits per heavy atom. The highest BCUT2D eigenvalue weighted by Gasteiger charge is 2.21. The standard InChI is InChI=1S/C16H29N3S/c1-4-15-8-6-5-7-9-19(15)16-18-14(12-20-16)11-17-10-13(2)3/h12-13,15,17H,4-11H2,1-3H3. The molecule has 0 bridgehead atoms. The summed E-state index contributed by atoms with van der Waals surface area (Å²) in [5, 5.41) is 6.94. The molecule has 1 aromatic heterocycles. The maximum absolute atomic E-state index is 4.85. The minimum atomic E-state index is 0.695. The highest BCUT2D eigenvalue weighted by atomic mass is 32.1. The summed E-state index contributed by atoms with van der Waals surface area (Å²) < 4.78 is 0. The van der Waals surface area contributed by atoms with Crippen molar-refractivity contribution in [1.29, 1.82) is 0 Å². The van der Waals surface area contributed by atoms with Crippen LogP contribution < -0.4 is 10.2 Å². The fourth-order valence-electron chi connectivity index (χ4n) is 2.85. The molecule has 0 aromatic carbocycles. The predicted molar refractivity (Wildman–Crippen MR) is 88.6 cm³/mol. The molecule has 1 atom stereocenters. The normalized spacial score (nSPS) is 20.4. The molecule has 0 saturated carbocycles. The molecule has 20 heavy (non-hydrogen) atoms. The molecule has 1 aliphatic rings. The second-order valence-corrected chi connectivity index (χ2v) is 7.09. The molecule has 2 heterocycles. The fraction of sp³-hybridized carbons (Fsp3) is 0.812. The molecule has 4 heteroatoms. The zero-order chi connectivity index (χ0) is 14.4. The molecule has 0 aliphatic carbocycles. The highest BCUT2D eigenvalue weighted by molar-refractivity contribution is 7.13. The van der Waals surface area contributed by atoms with Gasteiger partial charge in [-0.1, -0.05) is 33.6 Å². The maximum Gasteiger partial charge on any atom is 0.185 e. The minimum Gasteiger partial charge on any atom is -0.345 e. The van der Waals surface area contributed by atoms with Crippen LogP contribution in [0.25, 0.3) is 0 Å². The van der Waals surface area contributed by atoms with Gasteiger partial charge >= 0.3 is 0 Å². The Morgan fingerprint density at radius 3 is 3.00 bits per heavy atom. The van der Waals surface area contributed by atoms with Gasteiger partial charge in [0.05, 0.1) is 5.69 Å². The van der Waals surface area contributed by atoms with E-state index < -0.39 is 0 Å². The summed E-state index contributed by atoms with van der Waals surface area (Å²) in [6, 6.07) is 0.695. The molecule has 0 amide bonds. The van der Waals surface area contributed by atoms with Crippen LogP contribution in [0.1, 0.15) is 58.6 Å². The molecule has 114 valence electrons. The summed E-state index contributed by atoms with van der Waals surface area (Å²) >= 11 is 1.82. The van der Waals surface area contributed by atoms with Gasteiger partial charge < -0.3 is 10.2 Å². The van der Waals surface area contributed by atoms with Crippen molar-refractivity contribution in [2.24, 2.45) is 5.92 Å². The third-order valence-corrected chi connectivity index (χ3v) is 4.92. The van der Waals surface area contributed by atoms with Gasteiger partial charge in [0.1, 0.15) is 0 Å². The third kappa shape index (κ3) is 4.45. The fourth-order valence-corrected chi connectivity index (χ4v) is 3.78. The van der Waals surface area contributed by atoms with Crippen LogP contribution in [0.15, 0.2) is 5.38 Å². The number of nitrogens with one attached hydrogen (secondary N) is 1. The largest absolute Gasteiger partial charge is 0.345 e. The van der Waals surface area contributed by atoms with E-state index in [-0.39, 0.29) is 0 Å². The van der Waals surface area contributed by atoms with Crippen LogP contribution in [0, 0.1) is 5.92 Å². The first kappa shape index (κ1) is 15.8. The Labute approximate surface area is 127 Å². The topological polar surface area (TPSA) is 28.2 Å². The number of nitrogens with zero attached hydrogens (tertiary/aromatic N) is 2. The maximum atomic E-state index is 4.85. The summed E-state index contributed by atoms with van der Waals surface area (Å²) in [5.74, 6) is 0.697. The van der Waals surface area contributed by atoms with Crippen molar-refractivity contribution in [2.45, 2.75) is 65.5 Å². The lowest BCUT2D eigenvalue weighted by Gasteiger charge is -2.28. The van der Waals surface area contributed by atoms with E-state index in [0.29, 0.717) is 12.0 Å². The zero-order valence-corrected chi connectivity index (χ0v) is 14.0. The van der Waals surface area contributed by atoms with Crippen molar-refractivity contribution in [2.75, 3.05) is 18.0 Å². The van der Waals surface area contributed by atoms with Gasteiger partial charge in [-0.3, -0.25) is 0 Å². The van der Waals surface area contributed by atoms with E-state index >= 15 is 0 Å². The van der Waals surface area contributed by atoms with Gasteiger partial charge in [0.15, 0.2) is 5.13 Å². The van der Waals surface area contributed by atoms with Crippen molar-refractivity contribution in [3.05, 3.63) is 11.1 Å². The van der Waals surface area contributed by atoms with Gasteiger partial charge in [-0.15, -0.1) is 11.3 Å². The zero-order valence-electron chi connectivity index (χ0n) is 13.2. The van der Waals surface area contributed by atoms with Crippen LogP contribution in [-0.2, 0) is 6.54 Å². The van der Waals surface area contributed by atoms with Gasteiger partial charge in [0, 0.05) is 24.5 Å². The van der Waals surface area contributed by atoms with Crippen LogP contribution in [0.4, 0.5) is 5.13 Å². The minimum absolute atomic E-state index is 0.695. The second-order valence-electron chi connectivity index (χ2n) is 6.25. The SMILES string of the molecule is CCC1CCCCCN1c1nc(CNCC(C)C)cs1. The molecule has 1 fully saturated rings. The van der Waals surface area contributed by atoms with E-state index in [1.54, 1.807) is 0 Å². The van der Waals surface area contributed by atoms with Gasteiger partial charge in [-0.25, -0.2) is 4.98 Å². The number of hydrogen-bond donors (Lipinski definition) is 1. The Balaban J connectivity index is 1.95. The van der Waals surface area contributed by atoms with Crippen molar-refractivity contribution < 1.29 is 0 Å². The monoisotopic (exact) mass is 295 g/mol. The molecular formula is C16H29N3S. The number of hydrogen-bond acceptors (Lipinski definition) is 4. The molecule has 1 unspecified atom stereocenters. The summed E-state index contributed by atoms with van der Waals surface area (Å²) in [6.07, 6.45) is 6.64. The molecule has 0 spiro atoms. The van der Waals surface area contributed by atoms with Crippen LogP contribution in [0.3, 0.4) is 0 Å². The lowest BCUT2D eigenvalue weighted by atomic mass is 10.1. The Bertz CT molecular complexity index is 389. The van der Waals surface area contributed by atoms with Crippen LogP contribution >= 0.6 is 11.3 Å². The lowest BCUT2D eigenvalue weighted by Crippen LogP contribution is -2.34. The number of thiazole rings is 1. The number of rotatable bonds is 6.